The Morgan fingerprint density at radius 1 is 1.04 bits per heavy atom. The molecule has 7 heteroatoms. The number of H-pyrrole nitrogens is 1. The summed E-state index contributed by atoms with van der Waals surface area (Å²) in [5.41, 5.74) is 2.02. The minimum absolute atomic E-state index is 0.182. The summed E-state index contributed by atoms with van der Waals surface area (Å²) in [5, 5.41) is 0.735. The van der Waals surface area contributed by atoms with E-state index in [9.17, 15) is 17.2 Å². The second-order valence-electron chi connectivity index (χ2n) is 5.54. The smallest absolute Gasteiger partial charge is 0.215 e. The second kappa shape index (κ2) is 6.70. The standard InChI is InChI=1S/C17H16F2N2O2S/c18-14-3-1-2-12(8-14)11-24(22,23)21-7-6-13-10-20-17-5-4-15(19)9-16(13)17/h1-5,8-10,20-21H,6-7,11H2. The zero-order chi connectivity index (χ0) is 17.2. The number of benzene rings is 2. The van der Waals surface area contributed by atoms with Crippen molar-refractivity contribution in [1.29, 1.82) is 0 Å². The van der Waals surface area contributed by atoms with Gasteiger partial charge in [-0.3, -0.25) is 0 Å². The van der Waals surface area contributed by atoms with Gasteiger partial charge >= 0.3 is 0 Å². The van der Waals surface area contributed by atoms with E-state index in [4.69, 9.17) is 0 Å². The lowest BCUT2D eigenvalue weighted by Gasteiger charge is -2.07. The predicted molar refractivity (Wildman–Crippen MR) is 89.0 cm³/mol. The van der Waals surface area contributed by atoms with Gasteiger partial charge in [-0.1, -0.05) is 12.1 Å². The first-order chi connectivity index (χ1) is 11.4. The maximum atomic E-state index is 13.3. The van der Waals surface area contributed by atoms with Gasteiger partial charge in [0.05, 0.1) is 5.75 Å². The summed E-state index contributed by atoms with van der Waals surface area (Å²) in [7, 11) is -3.57. The number of nitrogens with one attached hydrogen (secondary N) is 2. The highest BCUT2D eigenvalue weighted by Gasteiger charge is 2.12. The molecule has 0 atom stereocenters. The number of sulfonamides is 1. The molecule has 4 nitrogen and oxygen atoms in total. The Kier molecular flexibility index (Phi) is 4.64. The van der Waals surface area contributed by atoms with E-state index in [1.165, 1.54) is 30.3 Å². The molecule has 0 aliphatic heterocycles. The summed E-state index contributed by atoms with van der Waals surface area (Å²) in [6, 6.07) is 9.92. The van der Waals surface area contributed by atoms with E-state index >= 15 is 0 Å². The van der Waals surface area contributed by atoms with Crippen molar-refractivity contribution in [2.75, 3.05) is 6.54 Å². The zero-order valence-electron chi connectivity index (χ0n) is 12.7. The van der Waals surface area contributed by atoms with E-state index in [1.54, 1.807) is 18.3 Å². The largest absolute Gasteiger partial charge is 0.361 e. The number of hydrogen-bond acceptors (Lipinski definition) is 2. The number of aromatic amines is 1. The molecule has 0 saturated carbocycles. The Hall–Kier alpha value is -2.25. The normalized spacial score (nSPS) is 11.9. The second-order valence-corrected chi connectivity index (χ2v) is 7.34. The molecule has 0 saturated heterocycles. The summed E-state index contributed by atoms with van der Waals surface area (Å²) >= 11 is 0. The van der Waals surface area contributed by atoms with Crippen molar-refractivity contribution < 1.29 is 17.2 Å². The molecule has 0 aliphatic rings. The van der Waals surface area contributed by atoms with Crippen LogP contribution in [-0.4, -0.2) is 19.9 Å². The van der Waals surface area contributed by atoms with Crippen LogP contribution in [0.15, 0.2) is 48.7 Å². The molecule has 2 aromatic carbocycles. The summed E-state index contributed by atoms with van der Waals surface area (Å²) in [4.78, 5) is 3.02. The van der Waals surface area contributed by atoms with E-state index in [0.717, 1.165) is 16.5 Å². The fraction of sp³-hybridized carbons (Fsp3) is 0.176. The van der Waals surface area contributed by atoms with Crippen molar-refractivity contribution in [1.82, 2.24) is 9.71 Å². The Morgan fingerprint density at radius 2 is 1.83 bits per heavy atom. The van der Waals surface area contributed by atoms with Crippen LogP contribution in [-0.2, 0) is 22.2 Å². The van der Waals surface area contributed by atoms with Gasteiger partial charge in [0.2, 0.25) is 10.0 Å². The molecule has 0 aliphatic carbocycles. The highest BCUT2D eigenvalue weighted by atomic mass is 32.2. The third-order valence-corrected chi connectivity index (χ3v) is 5.05. The van der Waals surface area contributed by atoms with Gasteiger partial charge in [0.15, 0.2) is 0 Å². The van der Waals surface area contributed by atoms with E-state index in [2.05, 4.69) is 9.71 Å². The molecule has 0 fully saturated rings. The molecule has 3 rings (SSSR count). The molecule has 0 radical (unpaired) electrons. The van der Waals surface area contributed by atoms with Crippen molar-refractivity contribution in [3.8, 4) is 0 Å². The van der Waals surface area contributed by atoms with Crippen LogP contribution in [0.1, 0.15) is 11.1 Å². The number of halogens is 2. The molecule has 0 unspecified atom stereocenters. The van der Waals surface area contributed by atoms with Crippen LogP contribution >= 0.6 is 0 Å². The predicted octanol–water partition coefficient (Wildman–Crippen LogP) is 3.11. The molecule has 0 amide bonds. The average molecular weight is 350 g/mol. The van der Waals surface area contributed by atoms with Crippen LogP contribution in [0, 0.1) is 11.6 Å². The Labute approximate surface area is 138 Å². The van der Waals surface area contributed by atoms with Gasteiger partial charge in [0, 0.05) is 23.6 Å². The van der Waals surface area contributed by atoms with E-state index in [1.807, 2.05) is 0 Å². The summed E-state index contributed by atoms with van der Waals surface area (Å²) in [6.45, 7) is 0.182. The van der Waals surface area contributed by atoms with Gasteiger partial charge in [0.25, 0.3) is 0 Å². The van der Waals surface area contributed by atoms with Crippen LogP contribution < -0.4 is 4.72 Å². The first-order valence-electron chi connectivity index (χ1n) is 7.40. The third kappa shape index (κ3) is 3.98. The molecule has 126 valence electrons. The van der Waals surface area contributed by atoms with Crippen molar-refractivity contribution in [3.05, 3.63) is 71.4 Å². The third-order valence-electron chi connectivity index (χ3n) is 3.69. The summed E-state index contributed by atoms with van der Waals surface area (Å²) in [5.74, 6) is -1.09. The molecule has 1 heterocycles. The topological polar surface area (TPSA) is 62.0 Å². The van der Waals surface area contributed by atoms with Crippen LogP contribution in [0.2, 0.25) is 0 Å². The van der Waals surface area contributed by atoms with Gasteiger partial charge in [-0.05, 0) is 47.9 Å². The highest BCUT2D eigenvalue weighted by Crippen LogP contribution is 2.19. The fourth-order valence-electron chi connectivity index (χ4n) is 2.60. The number of hydrogen-bond donors (Lipinski definition) is 2. The molecule has 2 N–H and O–H groups in total. The van der Waals surface area contributed by atoms with Crippen LogP contribution in [0.4, 0.5) is 8.78 Å². The van der Waals surface area contributed by atoms with Crippen molar-refractivity contribution >= 4 is 20.9 Å². The SMILES string of the molecule is O=S(=O)(Cc1cccc(F)c1)NCCc1c[nH]c2ccc(F)cc12. The quantitative estimate of drug-likeness (QED) is 0.718. The fourth-order valence-corrected chi connectivity index (χ4v) is 3.73. The number of rotatable bonds is 6. The maximum absolute atomic E-state index is 13.3. The van der Waals surface area contributed by atoms with E-state index < -0.39 is 15.8 Å². The molecule has 1 aromatic heterocycles. The Balaban J connectivity index is 1.63. The number of fused-ring (bicyclic) bond motifs is 1. The molecule has 0 spiro atoms. The average Bonchev–Trinajstić information content (AvgIpc) is 2.89. The van der Waals surface area contributed by atoms with Gasteiger partial charge in [-0.25, -0.2) is 21.9 Å². The minimum atomic E-state index is -3.57. The lowest BCUT2D eigenvalue weighted by Crippen LogP contribution is -2.27. The lowest BCUT2D eigenvalue weighted by molar-refractivity contribution is 0.580. The molecule has 24 heavy (non-hydrogen) atoms. The van der Waals surface area contributed by atoms with E-state index in [-0.39, 0.29) is 18.1 Å². The monoisotopic (exact) mass is 350 g/mol. The molecular formula is C17H16F2N2O2S. The first-order valence-corrected chi connectivity index (χ1v) is 9.05. The first kappa shape index (κ1) is 16.6. The van der Waals surface area contributed by atoms with Gasteiger partial charge < -0.3 is 4.98 Å². The molecular weight excluding hydrogens is 334 g/mol. The Morgan fingerprint density at radius 3 is 2.62 bits per heavy atom. The van der Waals surface area contributed by atoms with Crippen LogP contribution in [0.3, 0.4) is 0 Å². The van der Waals surface area contributed by atoms with Gasteiger partial charge in [0.1, 0.15) is 11.6 Å². The summed E-state index contributed by atoms with van der Waals surface area (Å²) < 4.78 is 53.0. The van der Waals surface area contributed by atoms with Crippen LogP contribution in [0.25, 0.3) is 10.9 Å². The number of aromatic nitrogens is 1. The summed E-state index contributed by atoms with van der Waals surface area (Å²) in [6.07, 6.45) is 2.16. The maximum Gasteiger partial charge on any atom is 0.215 e. The van der Waals surface area contributed by atoms with Crippen LogP contribution in [0.5, 0.6) is 0 Å². The highest BCUT2D eigenvalue weighted by molar-refractivity contribution is 7.88. The van der Waals surface area contributed by atoms with Gasteiger partial charge in [-0.15, -0.1) is 0 Å². The molecule has 0 bridgehead atoms. The molecule has 3 aromatic rings. The Bertz CT molecular complexity index is 968. The van der Waals surface area contributed by atoms with Crippen molar-refractivity contribution in [2.24, 2.45) is 0 Å². The zero-order valence-corrected chi connectivity index (χ0v) is 13.5. The lowest BCUT2D eigenvalue weighted by atomic mass is 10.1. The minimum Gasteiger partial charge on any atom is -0.361 e. The van der Waals surface area contributed by atoms with Crippen molar-refractivity contribution in [3.63, 3.8) is 0 Å². The van der Waals surface area contributed by atoms with E-state index in [0.29, 0.717) is 12.0 Å². The van der Waals surface area contributed by atoms with Crippen molar-refractivity contribution in [2.45, 2.75) is 12.2 Å². The van der Waals surface area contributed by atoms with Gasteiger partial charge in [-0.2, -0.15) is 0 Å².